The zero-order valence-electron chi connectivity index (χ0n) is 13.1. The van der Waals surface area contributed by atoms with Crippen LogP contribution >= 0.6 is 24.4 Å². The molecular formula is C17H20N4S2. The van der Waals surface area contributed by atoms with Crippen molar-refractivity contribution < 1.29 is 0 Å². The van der Waals surface area contributed by atoms with E-state index in [4.69, 9.17) is 24.4 Å². The average Bonchev–Trinajstić information content (AvgIpc) is 2.53. The fourth-order valence-electron chi connectivity index (χ4n) is 2.10. The third-order valence-corrected chi connectivity index (χ3v) is 3.62. The predicted octanol–water partition coefficient (Wildman–Crippen LogP) is 3.75. The molecule has 0 saturated heterocycles. The van der Waals surface area contributed by atoms with Crippen LogP contribution in [-0.2, 0) is 6.42 Å². The van der Waals surface area contributed by atoms with Crippen LogP contribution in [0.15, 0.2) is 48.5 Å². The molecule has 0 fully saturated rings. The highest BCUT2D eigenvalue weighted by Crippen LogP contribution is 2.15. The van der Waals surface area contributed by atoms with Gasteiger partial charge >= 0.3 is 0 Å². The minimum Gasteiger partial charge on any atom is -0.331 e. The standard InChI is InChI=1S/C17H20N4S2/c1-3-13-8-4-5-10-15(13)19-17(23)21-20-16(22)18-14-9-6-7-12(2)11-14/h4-11H,3H2,1-2H3,(H2,18,20,22)(H2,19,21,23). The molecule has 4 nitrogen and oxygen atoms in total. The molecule has 23 heavy (non-hydrogen) atoms. The maximum absolute atomic E-state index is 5.28. The van der Waals surface area contributed by atoms with Crippen LogP contribution in [0.5, 0.6) is 0 Å². The number of para-hydroxylation sites is 1. The molecule has 0 aromatic heterocycles. The second-order valence-electron chi connectivity index (χ2n) is 5.04. The van der Waals surface area contributed by atoms with Gasteiger partial charge in [0, 0.05) is 11.4 Å². The largest absolute Gasteiger partial charge is 0.331 e. The number of thiocarbonyl (C=S) groups is 2. The zero-order chi connectivity index (χ0) is 16.7. The first-order valence-corrected chi connectivity index (χ1v) is 8.18. The molecule has 0 amide bonds. The fraction of sp³-hybridized carbons (Fsp3) is 0.176. The second kappa shape index (κ2) is 8.45. The Morgan fingerprint density at radius 2 is 1.61 bits per heavy atom. The quantitative estimate of drug-likeness (QED) is 0.503. The van der Waals surface area contributed by atoms with Gasteiger partial charge in [-0.3, -0.25) is 10.9 Å². The van der Waals surface area contributed by atoms with Crippen LogP contribution in [0.2, 0.25) is 0 Å². The van der Waals surface area contributed by atoms with Gasteiger partial charge in [-0.15, -0.1) is 0 Å². The molecule has 0 aliphatic heterocycles. The Labute approximate surface area is 147 Å². The lowest BCUT2D eigenvalue weighted by Gasteiger charge is -2.16. The SMILES string of the molecule is CCc1ccccc1NC(=S)NNC(=S)Nc1cccc(C)c1. The molecule has 0 heterocycles. The van der Waals surface area contributed by atoms with Gasteiger partial charge < -0.3 is 10.6 Å². The molecular weight excluding hydrogens is 324 g/mol. The van der Waals surface area contributed by atoms with Crippen molar-refractivity contribution in [1.29, 1.82) is 0 Å². The van der Waals surface area contributed by atoms with Crippen molar-refractivity contribution in [3.8, 4) is 0 Å². The van der Waals surface area contributed by atoms with Gasteiger partial charge in [-0.2, -0.15) is 0 Å². The number of anilines is 2. The summed E-state index contributed by atoms with van der Waals surface area (Å²) in [6.07, 6.45) is 0.937. The third kappa shape index (κ3) is 5.50. The number of hydrogen-bond acceptors (Lipinski definition) is 2. The number of hydrazine groups is 1. The van der Waals surface area contributed by atoms with E-state index in [0.29, 0.717) is 10.2 Å². The highest BCUT2D eigenvalue weighted by Gasteiger charge is 2.03. The Hall–Kier alpha value is -2.18. The van der Waals surface area contributed by atoms with Crippen molar-refractivity contribution in [3.63, 3.8) is 0 Å². The molecule has 0 saturated carbocycles. The molecule has 0 aliphatic carbocycles. The number of hydrogen-bond donors (Lipinski definition) is 4. The average molecular weight is 345 g/mol. The summed E-state index contributed by atoms with van der Waals surface area (Å²) in [7, 11) is 0. The minimum absolute atomic E-state index is 0.448. The third-order valence-electron chi connectivity index (χ3n) is 3.21. The van der Waals surface area contributed by atoms with Crippen LogP contribution in [0.4, 0.5) is 11.4 Å². The van der Waals surface area contributed by atoms with Gasteiger partial charge in [-0.05, 0) is 67.1 Å². The van der Waals surface area contributed by atoms with Gasteiger partial charge in [0.2, 0.25) is 0 Å². The molecule has 2 aromatic carbocycles. The Kier molecular flexibility index (Phi) is 6.31. The molecule has 2 rings (SSSR count). The highest BCUT2D eigenvalue weighted by molar-refractivity contribution is 7.81. The van der Waals surface area contributed by atoms with Crippen molar-refractivity contribution >= 4 is 46.0 Å². The van der Waals surface area contributed by atoms with Gasteiger partial charge in [0.05, 0.1) is 0 Å². The number of benzene rings is 2. The van der Waals surface area contributed by atoms with Crippen LogP contribution in [0.25, 0.3) is 0 Å². The number of aryl methyl sites for hydroxylation is 2. The smallest absolute Gasteiger partial charge is 0.189 e. The Bertz CT molecular complexity index is 700. The van der Waals surface area contributed by atoms with Gasteiger partial charge in [0.25, 0.3) is 0 Å². The molecule has 2 aromatic rings. The Balaban J connectivity index is 1.83. The van der Waals surface area contributed by atoms with Crippen molar-refractivity contribution in [2.75, 3.05) is 10.6 Å². The number of nitrogens with one attached hydrogen (secondary N) is 4. The maximum Gasteiger partial charge on any atom is 0.189 e. The van der Waals surface area contributed by atoms with Crippen LogP contribution in [0.1, 0.15) is 18.1 Å². The lowest BCUT2D eigenvalue weighted by molar-refractivity contribution is 0.885. The molecule has 0 unspecified atom stereocenters. The number of rotatable bonds is 3. The van der Waals surface area contributed by atoms with Crippen molar-refractivity contribution in [2.24, 2.45) is 0 Å². The van der Waals surface area contributed by atoms with Crippen molar-refractivity contribution in [3.05, 3.63) is 59.7 Å². The minimum atomic E-state index is 0.448. The van der Waals surface area contributed by atoms with Crippen LogP contribution in [-0.4, -0.2) is 10.2 Å². The first-order valence-electron chi connectivity index (χ1n) is 7.37. The summed E-state index contributed by atoms with van der Waals surface area (Å²) in [6, 6.07) is 16.0. The Morgan fingerprint density at radius 3 is 2.30 bits per heavy atom. The molecule has 4 N–H and O–H groups in total. The summed E-state index contributed by atoms with van der Waals surface area (Å²) in [5.41, 5.74) is 10.1. The summed E-state index contributed by atoms with van der Waals surface area (Å²) in [4.78, 5) is 0. The molecule has 0 atom stereocenters. The van der Waals surface area contributed by atoms with E-state index in [-0.39, 0.29) is 0 Å². The second-order valence-corrected chi connectivity index (χ2v) is 5.85. The van der Waals surface area contributed by atoms with E-state index in [0.717, 1.165) is 17.8 Å². The monoisotopic (exact) mass is 344 g/mol. The summed E-state index contributed by atoms with van der Waals surface area (Å²) in [6.45, 7) is 4.14. The lowest BCUT2D eigenvalue weighted by Crippen LogP contribution is -2.45. The van der Waals surface area contributed by atoms with E-state index in [9.17, 15) is 0 Å². The van der Waals surface area contributed by atoms with E-state index in [1.807, 2.05) is 49.4 Å². The zero-order valence-corrected chi connectivity index (χ0v) is 14.8. The van der Waals surface area contributed by atoms with Crippen LogP contribution in [0, 0.1) is 6.92 Å². The van der Waals surface area contributed by atoms with E-state index in [2.05, 4.69) is 34.5 Å². The molecule has 0 radical (unpaired) electrons. The first kappa shape index (κ1) is 17.2. The topological polar surface area (TPSA) is 48.1 Å². The predicted molar refractivity (Wildman–Crippen MR) is 106 cm³/mol. The summed E-state index contributed by atoms with van der Waals surface area (Å²) < 4.78 is 0. The van der Waals surface area contributed by atoms with E-state index >= 15 is 0 Å². The van der Waals surface area contributed by atoms with Crippen molar-refractivity contribution in [2.45, 2.75) is 20.3 Å². The molecule has 0 spiro atoms. The molecule has 0 bridgehead atoms. The van der Waals surface area contributed by atoms with Crippen LogP contribution in [0.3, 0.4) is 0 Å². The summed E-state index contributed by atoms with van der Waals surface area (Å²) in [5.74, 6) is 0. The fourth-order valence-corrected chi connectivity index (χ4v) is 2.43. The van der Waals surface area contributed by atoms with E-state index < -0.39 is 0 Å². The maximum atomic E-state index is 5.28. The van der Waals surface area contributed by atoms with Crippen LogP contribution < -0.4 is 21.5 Å². The van der Waals surface area contributed by atoms with Gasteiger partial charge in [-0.1, -0.05) is 37.3 Å². The first-order chi connectivity index (χ1) is 11.1. The molecule has 6 heteroatoms. The summed E-state index contributed by atoms with van der Waals surface area (Å²) >= 11 is 10.5. The van der Waals surface area contributed by atoms with Gasteiger partial charge in [-0.25, -0.2) is 0 Å². The van der Waals surface area contributed by atoms with E-state index in [1.54, 1.807) is 0 Å². The van der Waals surface area contributed by atoms with Gasteiger partial charge in [0.1, 0.15) is 0 Å². The Morgan fingerprint density at radius 1 is 0.913 bits per heavy atom. The molecule has 0 aliphatic rings. The normalized spacial score (nSPS) is 9.83. The van der Waals surface area contributed by atoms with E-state index in [1.165, 1.54) is 11.1 Å². The summed E-state index contributed by atoms with van der Waals surface area (Å²) in [5, 5.41) is 7.16. The lowest BCUT2D eigenvalue weighted by atomic mass is 10.1. The highest BCUT2D eigenvalue weighted by atomic mass is 32.1. The molecule has 120 valence electrons. The van der Waals surface area contributed by atoms with Gasteiger partial charge in [0.15, 0.2) is 10.2 Å². The van der Waals surface area contributed by atoms with Crippen molar-refractivity contribution in [1.82, 2.24) is 10.9 Å².